The number of halogens is 3. The van der Waals surface area contributed by atoms with Crippen LogP contribution in [-0.4, -0.2) is 22.9 Å². The van der Waals surface area contributed by atoms with Gasteiger partial charge in [0.25, 0.3) is 0 Å². The molecule has 2 rings (SSSR count). The quantitative estimate of drug-likeness (QED) is 0.813. The van der Waals surface area contributed by atoms with Gasteiger partial charge in [0.2, 0.25) is 0 Å². The van der Waals surface area contributed by atoms with Crippen molar-refractivity contribution in [2.24, 2.45) is 11.0 Å². The maximum Gasteiger partial charge on any atom is 0.411 e. The van der Waals surface area contributed by atoms with Crippen LogP contribution >= 0.6 is 0 Å². The number of rotatable bonds is 2. The summed E-state index contributed by atoms with van der Waals surface area (Å²) in [6.45, 7) is 3.68. The molecule has 3 nitrogen and oxygen atoms in total. The number of hydrazone groups is 1. The van der Waals surface area contributed by atoms with E-state index in [0.29, 0.717) is 5.71 Å². The third-order valence-electron chi connectivity index (χ3n) is 2.86. The Labute approximate surface area is 103 Å². The molecule has 0 amide bonds. The number of hydrogen-bond donors (Lipinski definition) is 0. The Balaban J connectivity index is 2.34. The van der Waals surface area contributed by atoms with Crippen LogP contribution in [0.4, 0.5) is 19.0 Å². The molecule has 1 aromatic rings. The number of anilines is 1. The topological polar surface area (TPSA) is 28.5 Å². The van der Waals surface area contributed by atoms with E-state index < -0.39 is 12.2 Å². The molecule has 0 spiro atoms. The summed E-state index contributed by atoms with van der Waals surface area (Å²) in [7, 11) is 0. The van der Waals surface area contributed by atoms with E-state index in [0.717, 1.165) is 5.01 Å². The smallest absolute Gasteiger partial charge is 0.237 e. The van der Waals surface area contributed by atoms with E-state index in [2.05, 4.69) is 10.1 Å². The molecule has 1 atom stereocenters. The molecule has 0 bridgehead atoms. The lowest BCUT2D eigenvalue weighted by Gasteiger charge is -2.24. The van der Waals surface area contributed by atoms with Gasteiger partial charge in [0.1, 0.15) is 5.82 Å². The van der Waals surface area contributed by atoms with Gasteiger partial charge in [-0.25, -0.2) is 9.99 Å². The van der Waals surface area contributed by atoms with Gasteiger partial charge in [-0.05, 0) is 18.1 Å². The molecule has 0 aliphatic carbocycles. The molecule has 1 unspecified atom stereocenters. The van der Waals surface area contributed by atoms with E-state index >= 15 is 0 Å². The monoisotopic (exact) mass is 257 g/mol. The van der Waals surface area contributed by atoms with Crippen molar-refractivity contribution < 1.29 is 13.2 Å². The maximum absolute atomic E-state index is 13.0. The lowest BCUT2D eigenvalue weighted by Crippen LogP contribution is -2.40. The van der Waals surface area contributed by atoms with E-state index in [-0.39, 0.29) is 18.2 Å². The molecule has 0 N–H and O–H groups in total. The van der Waals surface area contributed by atoms with Crippen molar-refractivity contribution in [2.45, 2.75) is 32.5 Å². The van der Waals surface area contributed by atoms with Crippen molar-refractivity contribution in [3.8, 4) is 0 Å². The summed E-state index contributed by atoms with van der Waals surface area (Å²) in [4.78, 5) is 3.94. The normalized spacial score (nSPS) is 20.4. The van der Waals surface area contributed by atoms with Crippen molar-refractivity contribution >= 4 is 11.5 Å². The summed E-state index contributed by atoms with van der Waals surface area (Å²) in [5.41, 5.74) is 0.558. The molecule has 1 aliphatic heterocycles. The zero-order valence-electron chi connectivity index (χ0n) is 10.1. The first-order chi connectivity index (χ1) is 8.39. The van der Waals surface area contributed by atoms with Crippen LogP contribution in [-0.2, 0) is 0 Å². The molecule has 0 aromatic carbocycles. The Morgan fingerprint density at radius 2 is 2.06 bits per heavy atom. The van der Waals surface area contributed by atoms with Crippen LogP contribution in [0.1, 0.15) is 20.3 Å². The van der Waals surface area contributed by atoms with Gasteiger partial charge < -0.3 is 0 Å². The first-order valence-electron chi connectivity index (χ1n) is 5.74. The standard InChI is InChI=1S/C12H14F3N3/c1-8(2)9-7-10(12(13,14)15)18(17-9)11-5-3-4-6-16-11/h3-6,8,10H,7H2,1-2H3. The highest BCUT2D eigenvalue weighted by Crippen LogP contribution is 2.35. The van der Waals surface area contributed by atoms with Crippen LogP contribution in [0.3, 0.4) is 0 Å². The van der Waals surface area contributed by atoms with Crippen LogP contribution < -0.4 is 5.01 Å². The van der Waals surface area contributed by atoms with Crippen molar-refractivity contribution in [3.63, 3.8) is 0 Å². The molecule has 1 aromatic heterocycles. The lowest BCUT2D eigenvalue weighted by molar-refractivity contribution is -0.145. The Bertz CT molecular complexity index is 440. The van der Waals surface area contributed by atoms with Gasteiger partial charge in [-0.3, -0.25) is 0 Å². The third-order valence-corrected chi connectivity index (χ3v) is 2.86. The molecule has 18 heavy (non-hydrogen) atoms. The fourth-order valence-electron chi connectivity index (χ4n) is 1.84. The van der Waals surface area contributed by atoms with E-state index in [1.807, 2.05) is 13.8 Å². The average Bonchev–Trinajstić information content (AvgIpc) is 2.74. The molecule has 0 radical (unpaired) electrons. The van der Waals surface area contributed by atoms with Crippen LogP contribution in [0.2, 0.25) is 0 Å². The van der Waals surface area contributed by atoms with Crippen LogP contribution in [0.5, 0.6) is 0 Å². The number of hydrogen-bond acceptors (Lipinski definition) is 3. The van der Waals surface area contributed by atoms with Gasteiger partial charge in [-0.1, -0.05) is 19.9 Å². The number of alkyl halides is 3. The molecule has 0 saturated heterocycles. The van der Waals surface area contributed by atoms with E-state index in [9.17, 15) is 13.2 Å². The van der Waals surface area contributed by atoms with Gasteiger partial charge in [0, 0.05) is 18.3 Å². The number of nitrogens with zero attached hydrogens (tertiary/aromatic N) is 3. The lowest BCUT2D eigenvalue weighted by atomic mass is 10.0. The predicted molar refractivity (Wildman–Crippen MR) is 63.4 cm³/mol. The van der Waals surface area contributed by atoms with Crippen molar-refractivity contribution in [3.05, 3.63) is 24.4 Å². The Morgan fingerprint density at radius 3 is 2.56 bits per heavy atom. The molecule has 6 heteroatoms. The zero-order chi connectivity index (χ0) is 13.3. The van der Waals surface area contributed by atoms with Gasteiger partial charge in [-0.2, -0.15) is 18.3 Å². The minimum absolute atomic E-state index is 0.00330. The van der Waals surface area contributed by atoms with Gasteiger partial charge in [-0.15, -0.1) is 0 Å². The van der Waals surface area contributed by atoms with Crippen LogP contribution in [0.15, 0.2) is 29.5 Å². The third kappa shape index (κ3) is 2.47. The molecule has 2 heterocycles. The average molecular weight is 257 g/mol. The van der Waals surface area contributed by atoms with Gasteiger partial charge in [0.15, 0.2) is 6.04 Å². The second kappa shape index (κ2) is 4.59. The Hall–Kier alpha value is -1.59. The minimum atomic E-state index is -4.31. The van der Waals surface area contributed by atoms with Gasteiger partial charge >= 0.3 is 6.18 Å². The number of pyridine rings is 1. The molecule has 0 saturated carbocycles. The van der Waals surface area contributed by atoms with E-state index in [1.54, 1.807) is 12.1 Å². The summed E-state index contributed by atoms with van der Waals surface area (Å²) in [5, 5.41) is 5.05. The first-order valence-corrected chi connectivity index (χ1v) is 5.74. The van der Waals surface area contributed by atoms with Crippen molar-refractivity contribution in [2.75, 3.05) is 5.01 Å². The summed E-state index contributed by atoms with van der Waals surface area (Å²) >= 11 is 0. The fourth-order valence-corrected chi connectivity index (χ4v) is 1.84. The second-order valence-electron chi connectivity index (χ2n) is 4.54. The van der Waals surface area contributed by atoms with Gasteiger partial charge in [0.05, 0.1) is 0 Å². The Morgan fingerprint density at radius 1 is 1.33 bits per heavy atom. The summed E-state index contributed by atoms with van der Waals surface area (Å²) in [6.07, 6.45) is -2.93. The number of aromatic nitrogens is 1. The summed E-state index contributed by atoms with van der Waals surface area (Å²) < 4.78 is 39.0. The van der Waals surface area contributed by atoms with Crippen LogP contribution in [0.25, 0.3) is 0 Å². The minimum Gasteiger partial charge on any atom is -0.237 e. The summed E-state index contributed by atoms with van der Waals surface area (Å²) in [5.74, 6) is 0.235. The molecule has 98 valence electrons. The van der Waals surface area contributed by atoms with Crippen LogP contribution in [0, 0.1) is 5.92 Å². The predicted octanol–water partition coefficient (Wildman–Crippen LogP) is 3.23. The second-order valence-corrected chi connectivity index (χ2v) is 4.54. The van der Waals surface area contributed by atoms with Crippen molar-refractivity contribution in [1.29, 1.82) is 0 Å². The SMILES string of the molecule is CC(C)C1=NN(c2ccccn2)C(C(F)(F)F)C1. The highest BCUT2D eigenvalue weighted by Gasteiger charge is 2.48. The van der Waals surface area contributed by atoms with E-state index in [4.69, 9.17) is 0 Å². The first kappa shape index (κ1) is 12.9. The summed E-state index contributed by atoms with van der Waals surface area (Å²) in [6, 6.07) is 3.24. The zero-order valence-corrected chi connectivity index (χ0v) is 10.1. The highest BCUT2D eigenvalue weighted by molar-refractivity contribution is 5.90. The Kier molecular flexibility index (Phi) is 3.28. The molecular weight excluding hydrogens is 243 g/mol. The largest absolute Gasteiger partial charge is 0.411 e. The molecule has 0 fully saturated rings. The highest BCUT2D eigenvalue weighted by atomic mass is 19.4. The molecular formula is C12H14F3N3. The van der Waals surface area contributed by atoms with Crippen molar-refractivity contribution in [1.82, 2.24) is 4.98 Å². The maximum atomic E-state index is 13.0. The van der Waals surface area contributed by atoms with E-state index in [1.165, 1.54) is 12.3 Å². The molecule has 1 aliphatic rings. The fraction of sp³-hybridized carbons (Fsp3) is 0.500.